The second-order valence-corrected chi connectivity index (χ2v) is 6.12. The van der Waals surface area contributed by atoms with E-state index >= 15 is 0 Å². The fourth-order valence-electron chi connectivity index (χ4n) is 3.22. The molecule has 120 valence electrons. The molecule has 4 rings (SSSR count). The number of nitrogen functional groups attached to an aromatic ring is 1. The molecule has 0 radical (unpaired) electrons. The van der Waals surface area contributed by atoms with Gasteiger partial charge >= 0.3 is 0 Å². The van der Waals surface area contributed by atoms with E-state index in [1.54, 1.807) is 10.9 Å². The summed E-state index contributed by atoms with van der Waals surface area (Å²) in [6.45, 7) is 3.75. The Bertz CT molecular complexity index is 796. The van der Waals surface area contributed by atoms with E-state index in [2.05, 4.69) is 20.9 Å². The molecule has 2 saturated heterocycles. The smallest absolute Gasteiger partial charge is 0.167 e. The molecule has 2 fully saturated rings. The second-order valence-electron chi connectivity index (χ2n) is 6.12. The quantitative estimate of drug-likeness (QED) is 0.820. The topological polar surface area (TPSA) is 97.3 Å². The highest BCUT2D eigenvalue weighted by Crippen LogP contribution is 2.44. The lowest BCUT2D eigenvalue weighted by molar-refractivity contribution is -0.195. The minimum absolute atomic E-state index is 0.234. The zero-order valence-corrected chi connectivity index (χ0v) is 12.8. The van der Waals surface area contributed by atoms with Gasteiger partial charge in [-0.15, -0.1) is 12.3 Å². The number of rotatable bonds is 2. The first kappa shape index (κ1) is 14.4. The number of hydrogen-bond acceptors (Lipinski definition) is 7. The summed E-state index contributed by atoms with van der Waals surface area (Å²) in [5, 5.41) is 0. The van der Waals surface area contributed by atoms with Gasteiger partial charge in [-0.1, -0.05) is 0 Å². The monoisotopic (exact) mass is 315 g/mol. The van der Waals surface area contributed by atoms with Gasteiger partial charge in [0.2, 0.25) is 0 Å². The van der Waals surface area contributed by atoms with Crippen LogP contribution in [-0.4, -0.2) is 43.6 Å². The Morgan fingerprint density at radius 3 is 2.87 bits per heavy atom. The summed E-state index contributed by atoms with van der Waals surface area (Å²) in [4.78, 5) is 12.5. The van der Waals surface area contributed by atoms with Crippen molar-refractivity contribution in [3.8, 4) is 12.3 Å². The third kappa shape index (κ3) is 2.16. The van der Waals surface area contributed by atoms with E-state index in [1.165, 1.54) is 6.33 Å². The van der Waals surface area contributed by atoms with Crippen molar-refractivity contribution in [2.75, 3.05) is 5.73 Å². The molecule has 0 bridgehead atoms. The van der Waals surface area contributed by atoms with Crippen LogP contribution in [0.4, 0.5) is 5.82 Å². The van der Waals surface area contributed by atoms with Gasteiger partial charge in [0.15, 0.2) is 23.5 Å². The summed E-state index contributed by atoms with van der Waals surface area (Å²) >= 11 is 0. The Kier molecular flexibility index (Phi) is 3.06. The summed E-state index contributed by atoms with van der Waals surface area (Å²) < 4.78 is 19.9. The second kappa shape index (κ2) is 4.89. The summed E-state index contributed by atoms with van der Waals surface area (Å²) in [6, 6.07) is 0. The van der Waals surface area contributed by atoms with Crippen molar-refractivity contribution < 1.29 is 14.2 Å². The summed E-state index contributed by atoms with van der Waals surface area (Å²) in [5.41, 5.74) is 6.97. The number of nitrogens with zero attached hydrogens (tertiary/aromatic N) is 4. The van der Waals surface area contributed by atoms with E-state index in [9.17, 15) is 0 Å². The van der Waals surface area contributed by atoms with Gasteiger partial charge in [0, 0.05) is 6.42 Å². The minimum atomic E-state index is -0.686. The van der Waals surface area contributed by atoms with E-state index < -0.39 is 12.0 Å². The summed E-state index contributed by atoms with van der Waals surface area (Å²) in [5.74, 6) is 2.27. The van der Waals surface area contributed by atoms with Gasteiger partial charge in [0.25, 0.3) is 0 Å². The van der Waals surface area contributed by atoms with Crippen LogP contribution < -0.4 is 5.73 Å². The van der Waals surface area contributed by atoms with Crippen molar-refractivity contribution in [2.45, 2.75) is 50.6 Å². The van der Waals surface area contributed by atoms with Gasteiger partial charge in [-0.05, 0) is 13.8 Å². The molecule has 4 atom stereocenters. The average Bonchev–Trinajstić information content (AvgIpc) is 3.13. The number of aromatic nitrogens is 4. The number of imidazole rings is 1. The fourth-order valence-corrected chi connectivity index (χ4v) is 3.22. The molecule has 0 amide bonds. The van der Waals surface area contributed by atoms with Crippen LogP contribution in [0.3, 0.4) is 0 Å². The molecule has 0 aromatic carbocycles. The van der Waals surface area contributed by atoms with Crippen LogP contribution in [0.25, 0.3) is 11.2 Å². The minimum Gasteiger partial charge on any atom is -0.382 e. The first-order valence-electron chi connectivity index (χ1n) is 7.38. The molecule has 8 heteroatoms. The predicted octanol–water partition coefficient (Wildman–Crippen LogP) is 0.849. The van der Waals surface area contributed by atoms with Gasteiger partial charge in [-0.3, -0.25) is 4.57 Å². The molecule has 2 N–H and O–H groups in total. The molecular weight excluding hydrogens is 298 g/mol. The maximum atomic E-state index is 6.08. The Labute approximate surface area is 133 Å². The number of anilines is 1. The number of terminal acetylenes is 1. The lowest BCUT2D eigenvalue weighted by atomic mass is 10.1. The molecule has 8 nitrogen and oxygen atoms in total. The van der Waals surface area contributed by atoms with Crippen molar-refractivity contribution in [1.29, 1.82) is 0 Å². The molecule has 2 aliphatic rings. The predicted molar refractivity (Wildman–Crippen MR) is 80.9 cm³/mol. The molecular formula is C15H17N5O3. The van der Waals surface area contributed by atoms with E-state index in [1.807, 2.05) is 13.8 Å². The molecule has 0 saturated carbocycles. The highest BCUT2D eigenvalue weighted by Gasteiger charge is 2.55. The number of nitrogens with two attached hydrogens (primary N) is 1. The van der Waals surface area contributed by atoms with Crippen molar-refractivity contribution in [3.05, 3.63) is 12.7 Å². The number of hydrogen-bond donors (Lipinski definition) is 1. The van der Waals surface area contributed by atoms with Crippen LogP contribution in [0.1, 0.15) is 26.5 Å². The molecule has 0 spiro atoms. The van der Waals surface area contributed by atoms with Crippen LogP contribution in [0.15, 0.2) is 12.7 Å². The van der Waals surface area contributed by atoms with Crippen molar-refractivity contribution >= 4 is 17.0 Å². The summed E-state index contributed by atoms with van der Waals surface area (Å²) in [7, 11) is 0. The molecule has 2 aliphatic heterocycles. The van der Waals surface area contributed by atoms with E-state index in [4.69, 9.17) is 26.4 Å². The van der Waals surface area contributed by atoms with Crippen molar-refractivity contribution in [2.24, 2.45) is 0 Å². The maximum absolute atomic E-state index is 6.08. The maximum Gasteiger partial charge on any atom is 0.167 e. The van der Waals surface area contributed by atoms with Crippen molar-refractivity contribution in [3.63, 3.8) is 0 Å². The van der Waals surface area contributed by atoms with Crippen LogP contribution in [-0.2, 0) is 14.2 Å². The largest absolute Gasteiger partial charge is 0.382 e. The standard InChI is InChI=1S/C15H17N5O3/c1-4-5-8-10-11(23-15(2,3)22-10)14(21-8)20-7-19-9-12(16)17-6-18-13(9)20/h1,6-8,10-11,14H,5H2,2-3H3,(H2,16,17,18)/t8-,10-,11-,14-/m1/s1. The van der Waals surface area contributed by atoms with Gasteiger partial charge < -0.3 is 19.9 Å². The summed E-state index contributed by atoms with van der Waals surface area (Å²) in [6.07, 6.45) is 7.72. The Balaban J connectivity index is 1.76. The normalized spacial score (nSPS) is 32.0. The third-order valence-electron chi connectivity index (χ3n) is 4.11. The van der Waals surface area contributed by atoms with Gasteiger partial charge in [0.05, 0.1) is 6.33 Å². The van der Waals surface area contributed by atoms with E-state index in [0.717, 1.165) is 0 Å². The first-order chi connectivity index (χ1) is 11.0. The Morgan fingerprint density at radius 1 is 1.30 bits per heavy atom. The van der Waals surface area contributed by atoms with Crippen LogP contribution in [0.5, 0.6) is 0 Å². The number of ether oxygens (including phenoxy) is 3. The Hall–Kier alpha value is -2.21. The van der Waals surface area contributed by atoms with Crippen LogP contribution in [0.2, 0.25) is 0 Å². The molecule has 0 unspecified atom stereocenters. The van der Waals surface area contributed by atoms with Gasteiger partial charge in [-0.2, -0.15) is 0 Å². The molecule has 0 aliphatic carbocycles. The molecule has 4 heterocycles. The first-order valence-corrected chi connectivity index (χ1v) is 7.38. The van der Waals surface area contributed by atoms with Gasteiger partial charge in [-0.25, -0.2) is 15.0 Å². The highest BCUT2D eigenvalue weighted by atomic mass is 16.8. The zero-order chi connectivity index (χ0) is 16.2. The SMILES string of the molecule is C#CC[C@H]1O[C@@H](n2cnc3c(N)ncnc32)[C@@H]2OC(C)(C)O[C@@H]21. The molecule has 2 aromatic rings. The molecule has 2 aromatic heterocycles. The highest BCUT2D eigenvalue weighted by molar-refractivity contribution is 5.81. The number of fused-ring (bicyclic) bond motifs is 2. The lowest BCUT2D eigenvalue weighted by Crippen LogP contribution is -2.29. The fraction of sp³-hybridized carbons (Fsp3) is 0.533. The van der Waals surface area contributed by atoms with E-state index in [-0.39, 0.29) is 18.3 Å². The lowest BCUT2D eigenvalue weighted by Gasteiger charge is -2.24. The van der Waals surface area contributed by atoms with Crippen molar-refractivity contribution in [1.82, 2.24) is 19.5 Å². The van der Waals surface area contributed by atoms with Crippen LogP contribution >= 0.6 is 0 Å². The van der Waals surface area contributed by atoms with Gasteiger partial charge in [0.1, 0.15) is 30.2 Å². The van der Waals surface area contributed by atoms with Crippen LogP contribution in [0, 0.1) is 12.3 Å². The average molecular weight is 315 g/mol. The molecule has 23 heavy (non-hydrogen) atoms. The Morgan fingerprint density at radius 2 is 2.09 bits per heavy atom. The zero-order valence-electron chi connectivity index (χ0n) is 12.8. The third-order valence-corrected chi connectivity index (χ3v) is 4.11. The van der Waals surface area contributed by atoms with E-state index in [0.29, 0.717) is 23.4 Å².